The number of amidine groups is 2. The number of ether oxygens (including phenoxy) is 6. The Kier molecular flexibility index (Phi) is 8.84. The summed E-state index contributed by atoms with van der Waals surface area (Å²) in [6.45, 7) is 4.46. The average molecular weight is 843 g/mol. The number of nitrogens with zero attached hydrogens (tertiary/aromatic N) is 2. The molecule has 1 unspecified atom stereocenters. The molecule has 5 aromatic rings. The number of nitrogens with two attached hydrogens (primary N) is 2. The molecule has 0 amide bonds. The van der Waals surface area contributed by atoms with Gasteiger partial charge in [0, 0.05) is 45.0 Å². The van der Waals surface area contributed by atoms with Gasteiger partial charge in [-0.2, -0.15) is 4.39 Å². The lowest BCUT2D eigenvalue weighted by atomic mass is 9.80. The molecule has 4 aliphatic rings. The Morgan fingerprint density at radius 1 is 0.930 bits per heavy atom. The molecule has 15 heteroatoms. The van der Waals surface area contributed by atoms with Crippen LogP contribution >= 0.6 is 15.9 Å². The zero-order valence-corrected chi connectivity index (χ0v) is 32.2. The highest BCUT2D eigenvalue weighted by Crippen LogP contribution is 2.54. The van der Waals surface area contributed by atoms with E-state index in [0.29, 0.717) is 52.3 Å². The number of aromatic nitrogens is 1. The van der Waals surface area contributed by atoms with Crippen molar-refractivity contribution in [2.75, 3.05) is 19.8 Å². The van der Waals surface area contributed by atoms with Crippen LogP contribution in [-0.4, -0.2) is 42.4 Å². The maximum Gasteiger partial charge on any atom is 0.283 e. The van der Waals surface area contributed by atoms with E-state index >= 15 is 13.2 Å². The fourth-order valence-electron chi connectivity index (χ4n) is 8.20. The maximum absolute atomic E-state index is 15.9. The van der Waals surface area contributed by atoms with E-state index in [2.05, 4.69) is 25.9 Å². The second-order valence-electron chi connectivity index (χ2n) is 15.0. The highest BCUT2D eigenvalue weighted by Gasteiger charge is 2.48. The fraction of sp³-hybridized carbons (Fsp3) is 0.262. The van der Waals surface area contributed by atoms with Gasteiger partial charge in [-0.3, -0.25) is 5.41 Å². The van der Waals surface area contributed by atoms with Crippen LogP contribution in [0.5, 0.6) is 34.5 Å². The van der Waals surface area contributed by atoms with Crippen molar-refractivity contribution < 1.29 is 41.6 Å². The van der Waals surface area contributed by atoms with Gasteiger partial charge in [-0.1, -0.05) is 28.1 Å². The Bertz CT molecular complexity index is 2540. The van der Waals surface area contributed by atoms with E-state index in [1.807, 2.05) is 26.0 Å². The summed E-state index contributed by atoms with van der Waals surface area (Å²) in [5.41, 5.74) is 13.3. The van der Waals surface area contributed by atoms with Gasteiger partial charge in [0.05, 0.1) is 17.7 Å². The molecular weight excluding hydrogens is 807 g/mol. The normalized spacial score (nSPS) is 21.1. The zero-order valence-electron chi connectivity index (χ0n) is 30.6. The Morgan fingerprint density at radius 3 is 2.49 bits per heavy atom. The lowest BCUT2D eigenvalue weighted by molar-refractivity contribution is -0.0593. The van der Waals surface area contributed by atoms with Gasteiger partial charge in [0.15, 0.2) is 28.7 Å². The molecule has 1 aromatic heterocycles. The molecule has 3 atom stereocenters. The third kappa shape index (κ3) is 6.57. The second kappa shape index (κ2) is 13.7. The fourth-order valence-corrected chi connectivity index (χ4v) is 8.57. The Labute approximate surface area is 333 Å². The predicted octanol–water partition coefficient (Wildman–Crippen LogP) is 9.24. The number of rotatable bonds is 6. The number of nitrogens with one attached hydrogen (secondary N) is 1. The van der Waals surface area contributed by atoms with E-state index in [0.717, 1.165) is 22.5 Å². The first-order valence-corrected chi connectivity index (χ1v) is 19.0. The topological polar surface area (TPSA) is 157 Å². The molecular formula is C42H35BrF3N5O6. The Balaban J connectivity index is 1.07. The molecule has 0 radical (unpaired) electrons. The lowest BCUT2D eigenvalue weighted by Gasteiger charge is -2.36. The first-order valence-electron chi connectivity index (χ1n) is 18.2. The van der Waals surface area contributed by atoms with Gasteiger partial charge >= 0.3 is 0 Å². The minimum absolute atomic E-state index is 0.00354. The standard InChI is InChI=1S/C42H35BrF3N5O6/c1-41(2)16-21(7-8-54-41)22-10-28-29(18-52-39(47)48)27-9-20(3-5-34(27)56-36(28)32(44)11-22)26-13-25(17-50-38(26)46)55-24-14-31-37(33(45)15-24)57-35-6-4-23(43)12-30(35)42(31)19-53-40(49)51-42/h3-6,9-15,17,21,29H,7-8,16,18-19H2,1-2H3,(H3,47,48)(H2,49,51)/t21?,29-,42+/m1/s1. The van der Waals surface area contributed by atoms with E-state index in [9.17, 15) is 0 Å². The number of benzene rings is 4. The molecule has 1 fully saturated rings. The van der Waals surface area contributed by atoms with Crippen molar-refractivity contribution in [2.45, 2.75) is 49.7 Å². The number of hydrogen-bond donors (Lipinski definition) is 3. The number of hydrogen-bond acceptors (Lipinski definition) is 10. The third-order valence-corrected chi connectivity index (χ3v) is 11.3. The summed E-state index contributed by atoms with van der Waals surface area (Å²) < 4.78 is 83.4. The van der Waals surface area contributed by atoms with Gasteiger partial charge in [-0.05, 0) is 92.3 Å². The van der Waals surface area contributed by atoms with E-state index < -0.39 is 35.1 Å². The summed E-state index contributed by atoms with van der Waals surface area (Å²) in [7, 11) is 0. The van der Waals surface area contributed by atoms with Crippen molar-refractivity contribution in [3.05, 3.63) is 123 Å². The zero-order chi connectivity index (χ0) is 39.8. The van der Waals surface area contributed by atoms with Crippen LogP contribution in [0.1, 0.15) is 66.3 Å². The van der Waals surface area contributed by atoms with E-state index in [1.165, 1.54) is 18.3 Å². The van der Waals surface area contributed by atoms with Gasteiger partial charge in [0.25, 0.3) is 12.0 Å². The van der Waals surface area contributed by atoms with Crippen molar-refractivity contribution >= 4 is 28.0 Å². The van der Waals surface area contributed by atoms with Crippen LogP contribution in [0.2, 0.25) is 0 Å². The van der Waals surface area contributed by atoms with Crippen LogP contribution in [0, 0.1) is 23.0 Å². The first kappa shape index (κ1) is 36.8. The number of aliphatic imine (C=N–C) groups is 1. The largest absolute Gasteiger partial charge is 0.465 e. The highest BCUT2D eigenvalue weighted by atomic mass is 79.9. The van der Waals surface area contributed by atoms with Gasteiger partial charge in [-0.25, -0.2) is 18.8 Å². The van der Waals surface area contributed by atoms with Crippen LogP contribution in [-0.2, 0) is 19.7 Å². The van der Waals surface area contributed by atoms with Crippen LogP contribution in [0.3, 0.4) is 0 Å². The van der Waals surface area contributed by atoms with Crippen LogP contribution in [0.15, 0.2) is 82.4 Å². The van der Waals surface area contributed by atoms with Crippen molar-refractivity contribution in [1.29, 1.82) is 5.41 Å². The summed E-state index contributed by atoms with van der Waals surface area (Å²) in [5, 5.41) is 7.77. The number of pyridine rings is 1. The molecule has 4 aliphatic heterocycles. The predicted molar refractivity (Wildman–Crippen MR) is 207 cm³/mol. The molecule has 1 saturated heterocycles. The molecule has 0 bridgehead atoms. The summed E-state index contributed by atoms with van der Waals surface area (Å²) in [5.74, 6) is -1.76. The molecule has 11 nitrogen and oxygen atoms in total. The average Bonchev–Trinajstić information content (AvgIpc) is 3.56. The smallest absolute Gasteiger partial charge is 0.283 e. The Hall–Kier alpha value is -5.80. The molecule has 9 rings (SSSR count). The quantitative estimate of drug-likeness (QED) is 0.0862. The van der Waals surface area contributed by atoms with Crippen LogP contribution < -0.4 is 25.7 Å². The van der Waals surface area contributed by atoms with E-state index in [1.54, 1.807) is 36.4 Å². The molecule has 4 aromatic carbocycles. The van der Waals surface area contributed by atoms with Gasteiger partial charge in [0.1, 0.15) is 36.2 Å². The highest BCUT2D eigenvalue weighted by molar-refractivity contribution is 9.10. The van der Waals surface area contributed by atoms with Crippen molar-refractivity contribution in [2.24, 2.45) is 16.5 Å². The Morgan fingerprint density at radius 2 is 1.72 bits per heavy atom. The lowest BCUT2D eigenvalue weighted by Crippen LogP contribution is -2.33. The third-order valence-electron chi connectivity index (χ3n) is 10.8. The maximum atomic E-state index is 15.9. The van der Waals surface area contributed by atoms with Gasteiger partial charge < -0.3 is 39.9 Å². The monoisotopic (exact) mass is 841 g/mol. The molecule has 0 aliphatic carbocycles. The molecule has 57 heavy (non-hydrogen) atoms. The molecule has 5 heterocycles. The molecule has 1 spiro atoms. The van der Waals surface area contributed by atoms with Gasteiger partial charge in [0.2, 0.25) is 5.95 Å². The molecule has 5 N–H and O–H groups in total. The summed E-state index contributed by atoms with van der Waals surface area (Å²) >= 11 is 3.49. The summed E-state index contributed by atoms with van der Waals surface area (Å²) in [4.78, 5) is 8.56. The summed E-state index contributed by atoms with van der Waals surface area (Å²) in [6.07, 6.45) is 2.60. The van der Waals surface area contributed by atoms with Crippen molar-refractivity contribution in [3.8, 4) is 45.6 Å². The van der Waals surface area contributed by atoms with E-state index in [4.69, 9.17) is 45.3 Å². The van der Waals surface area contributed by atoms with Crippen molar-refractivity contribution in [3.63, 3.8) is 0 Å². The number of fused-ring (bicyclic) bond motifs is 6. The van der Waals surface area contributed by atoms with Crippen LogP contribution in [0.25, 0.3) is 11.1 Å². The minimum atomic E-state index is -1.22. The molecule has 0 saturated carbocycles. The van der Waals surface area contributed by atoms with E-state index in [-0.39, 0.29) is 59.3 Å². The van der Waals surface area contributed by atoms with Gasteiger partial charge in [-0.15, -0.1) is 0 Å². The van der Waals surface area contributed by atoms with Crippen molar-refractivity contribution in [1.82, 2.24) is 4.98 Å². The second-order valence-corrected chi connectivity index (χ2v) is 16.0. The minimum Gasteiger partial charge on any atom is -0.465 e. The molecule has 292 valence electrons. The summed E-state index contributed by atoms with van der Waals surface area (Å²) in [6, 6.07) is 17.2. The SMILES string of the molecule is CC1(C)CC(c2cc(F)c3c(c2)[C@H](COC(=N)N)c2cc(-c4cc(Oc5cc(F)c6c(c5)[C@]5(COC(N)=N5)c5cc(Br)ccc5O6)cnc4F)ccc2O3)CCO1. The number of halogens is 4. The first-order chi connectivity index (χ1) is 27.3. The van der Waals surface area contributed by atoms with Crippen LogP contribution in [0.4, 0.5) is 13.2 Å².